The van der Waals surface area contributed by atoms with Crippen LogP contribution in [-0.4, -0.2) is 114 Å². The lowest BCUT2D eigenvalue weighted by Crippen LogP contribution is -2.32. The molecule has 0 aromatic carbocycles. The topological polar surface area (TPSA) is 191 Å². The van der Waals surface area contributed by atoms with Crippen LogP contribution in [0.2, 0.25) is 0 Å². The fourth-order valence-electron chi connectivity index (χ4n) is 5.21. The van der Waals surface area contributed by atoms with Crippen LogP contribution in [0.1, 0.15) is 128 Å². The molecule has 0 saturated heterocycles. The van der Waals surface area contributed by atoms with Crippen molar-refractivity contribution < 1.29 is 48.0 Å². The summed E-state index contributed by atoms with van der Waals surface area (Å²) in [4.78, 5) is 57.9. The Bertz CT molecular complexity index is 938. The minimum Gasteiger partial charge on any atom is -0.481 e. The molecule has 0 aromatic rings. The van der Waals surface area contributed by atoms with Gasteiger partial charge in [0.1, 0.15) is 13.2 Å². The molecule has 0 spiro atoms. The maximum absolute atomic E-state index is 12.0. The summed E-state index contributed by atoms with van der Waals surface area (Å²) in [5.74, 6) is -1.16. The monoisotopic (exact) mass is 757 g/mol. The van der Waals surface area contributed by atoms with E-state index >= 15 is 0 Å². The number of aliphatic carboxylic acids is 1. The van der Waals surface area contributed by atoms with Gasteiger partial charge in [0.05, 0.1) is 39.6 Å². The summed E-state index contributed by atoms with van der Waals surface area (Å²) in [6, 6.07) is 0. The van der Waals surface area contributed by atoms with E-state index in [0.29, 0.717) is 78.3 Å². The molecule has 0 fully saturated rings. The normalized spacial score (nSPS) is 10.9. The Hall–Kier alpha value is -3.07. The summed E-state index contributed by atoms with van der Waals surface area (Å²) in [6.45, 7) is 7.12. The van der Waals surface area contributed by atoms with Crippen molar-refractivity contribution in [3.05, 3.63) is 12.7 Å². The van der Waals surface area contributed by atoms with E-state index < -0.39 is 5.97 Å². The maximum Gasteiger partial charge on any atom is 0.303 e. The Morgan fingerprint density at radius 2 is 0.774 bits per heavy atom. The highest BCUT2D eigenvalue weighted by Crippen LogP contribution is 2.13. The van der Waals surface area contributed by atoms with Crippen molar-refractivity contribution in [3.63, 3.8) is 0 Å². The fraction of sp³-hybridized carbons (Fsp3) is 0.821. The molecular formula is C39H72N4O10. The molecule has 0 aromatic heterocycles. The molecule has 14 nitrogen and oxygen atoms in total. The Morgan fingerprint density at radius 1 is 0.415 bits per heavy atom. The molecular weight excluding hydrogens is 684 g/mol. The SMILES string of the molecule is C=CCCCNC(=O)COCCOCCNC(=O)COCCOCCNC(=O)CCCNC(=O)CCCCCCCCCCCCCCCCC(=O)O. The minimum absolute atomic E-state index is 0.0141. The van der Waals surface area contributed by atoms with Gasteiger partial charge in [0.2, 0.25) is 23.6 Å². The van der Waals surface area contributed by atoms with Crippen LogP contribution in [0.4, 0.5) is 0 Å². The molecule has 0 rings (SSSR count). The van der Waals surface area contributed by atoms with Gasteiger partial charge < -0.3 is 45.3 Å². The average Bonchev–Trinajstić information content (AvgIpc) is 3.13. The van der Waals surface area contributed by atoms with Gasteiger partial charge in [-0.15, -0.1) is 6.58 Å². The van der Waals surface area contributed by atoms with E-state index in [-0.39, 0.29) is 50.1 Å². The van der Waals surface area contributed by atoms with E-state index in [1.807, 2.05) is 6.08 Å². The van der Waals surface area contributed by atoms with Crippen molar-refractivity contribution in [1.82, 2.24) is 21.3 Å². The first-order valence-electron chi connectivity index (χ1n) is 20.1. The van der Waals surface area contributed by atoms with Gasteiger partial charge in [0.15, 0.2) is 0 Å². The number of carbonyl (C=O) groups excluding carboxylic acids is 4. The number of carboxylic acids is 1. The summed E-state index contributed by atoms with van der Waals surface area (Å²) in [5.41, 5.74) is 0. The lowest BCUT2D eigenvalue weighted by atomic mass is 10.0. The summed E-state index contributed by atoms with van der Waals surface area (Å²) in [6.07, 6.45) is 21.4. The van der Waals surface area contributed by atoms with Crippen molar-refractivity contribution in [1.29, 1.82) is 0 Å². The number of nitrogens with one attached hydrogen (secondary N) is 4. The van der Waals surface area contributed by atoms with Crippen LogP contribution < -0.4 is 21.3 Å². The highest BCUT2D eigenvalue weighted by molar-refractivity contribution is 5.78. The highest BCUT2D eigenvalue weighted by Gasteiger charge is 2.05. The number of ether oxygens (including phenoxy) is 4. The van der Waals surface area contributed by atoms with Gasteiger partial charge in [-0.25, -0.2) is 0 Å². The number of hydrogen-bond acceptors (Lipinski definition) is 9. The second-order valence-electron chi connectivity index (χ2n) is 13.1. The third-order valence-corrected chi connectivity index (χ3v) is 8.20. The molecule has 0 bridgehead atoms. The smallest absolute Gasteiger partial charge is 0.303 e. The molecule has 14 heteroatoms. The van der Waals surface area contributed by atoms with Crippen molar-refractivity contribution in [3.8, 4) is 0 Å². The zero-order valence-corrected chi connectivity index (χ0v) is 32.5. The molecule has 0 unspecified atom stereocenters. The first-order chi connectivity index (χ1) is 25.8. The zero-order chi connectivity index (χ0) is 38.9. The van der Waals surface area contributed by atoms with Gasteiger partial charge >= 0.3 is 5.97 Å². The number of carboxylic acid groups (broad SMARTS) is 1. The average molecular weight is 757 g/mol. The zero-order valence-electron chi connectivity index (χ0n) is 32.5. The van der Waals surface area contributed by atoms with Crippen LogP contribution in [0, 0.1) is 0 Å². The van der Waals surface area contributed by atoms with Gasteiger partial charge in [0, 0.05) is 45.4 Å². The Labute approximate surface area is 318 Å². The second-order valence-corrected chi connectivity index (χ2v) is 13.1. The predicted molar refractivity (Wildman–Crippen MR) is 205 cm³/mol. The van der Waals surface area contributed by atoms with Crippen molar-refractivity contribution in [2.24, 2.45) is 0 Å². The molecule has 0 atom stereocenters. The summed E-state index contributed by atoms with van der Waals surface area (Å²) < 4.78 is 21.3. The van der Waals surface area contributed by atoms with Crippen LogP contribution in [0.25, 0.3) is 0 Å². The lowest BCUT2D eigenvalue weighted by molar-refractivity contribution is -0.137. The molecule has 4 amide bonds. The fourth-order valence-corrected chi connectivity index (χ4v) is 5.21. The first-order valence-corrected chi connectivity index (χ1v) is 20.1. The molecule has 0 aliphatic rings. The third kappa shape index (κ3) is 41.5. The van der Waals surface area contributed by atoms with E-state index in [4.69, 9.17) is 24.1 Å². The summed E-state index contributed by atoms with van der Waals surface area (Å²) >= 11 is 0. The standard InChI is InChI=1S/C39H72N4O10/c1-2-3-18-23-41-37(46)33-52-31-30-51-28-26-43-38(47)34-53-32-29-50-27-25-42-36(45)21-19-24-40-35(44)20-16-14-12-10-8-6-4-5-7-9-11-13-15-17-22-39(48)49/h2H,1,3-34H2,(H,40,44)(H,41,46)(H,42,45)(H,43,47)(H,48,49). The largest absolute Gasteiger partial charge is 0.481 e. The predicted octanol–water partition coefficient (Wildman–Crippen LogP) is 4.59. The van der Waals surface area contributed by atoms with Crippen LogP contribution in [0.3, 0.4) is 0 Å². The van der Waals surface area contributed by atoms with Gasteiger partial charge in [-0.3, -0.25) is 24.0 Å². The van der Waals surface area contributed by atoms with Crippen molar-refractivity contribution in [2.45, 2.75) is 128 Å². The number of unbranched alkanes of at least 4 members (excludes halogenated alkanes) is 14. The summed E-state index contributed by atoms with van der Waals surface area (Å²) in [7, 11) is 0. The van der Waals surface area contributed by atoms with Crippen LogP contribution in [0.5, 0.6) is 0 Å². The van der Waals surface area contributed by atoms with Gasteiger partial charge in [-0.2, -0.15) is 0 Å². The molecule has 53 heavy (non-hydrogen) atoms. The number of allylic oxidation sites excluding steroid dienone is 1. The maximum atomic E-state index is 12.0. The molecule has 0 aliphatic carbocycles. The molecule has 308 valence electrons. The Morgan fingerprint density at radius 3 is 1.25 bits per heavy atom. The van der Waals surface area contributed by atoms with Gasteiger partial charge in [-0.05, 0) is 32.1 Å². The third-order valence-electron chi connectivity index (χ3n) is 8.20. The molecule has 5 N–H and O–H groups in total. The van der Waals surface area contributed by atoms with Gasteiger partial charge in [0.25, 0.3) is 0 Å². The minimum atomic E-state index is -0.694. The second kappa shape index (κ2) is 40.1. The van der Waals surface area contributed by atoms with Crippen LogP contribution in [0.15, 0.2) is 12.7 Å². The van der Waals surface area contributed by atoms with Crippen LogP contribution in [-0.2, 0) is 42.9 Å². The van der Waals surface area contributed by atoms with Crippen LogP contribution >= 0.6 is 0 Å². The Balaban J connectivity index is 3.37. The van der Waals surface area contributed by atoms with Crippen molar-refractivity contribution in [2.75, 3.05) is 79.0 Å². The quantitative estimate of drug-likeness (QED) is 0.0436. The van der Waals surface area contributed by atoms with E-state index in [1.54, 1.807) is 0 Å². The Kier molecular flexibility index (Phi) is 37.8. The summed E-state index contributed by atoms with van der Waals surface area (Å²) in [5, 5.41) is 19.8. The highest BCUT2D eigenvalue weighted by atomic mass is 16.5. The number of hydrogen-bond donors (Lipinski definition) is 5. The van der Waals surface area contributed by atoms with Crippen molar-refractivity contribution >= 4 is 29.6 Å². The molecule has 0 saturated carbocycles. The van der Waals surface area contributed by atoms with E-state index in [0.717, 1.165) is 51.4 Å². The molecule has 0 heterocycles. The van der Waals surface area contributed by atoms with E-state index in [9.17, 15) is 24.0 Å². The van der Waals surface area contributed by atoms with E-state index in [1.165, 1.54) is 51.4 Å². The lowest BCUT2D eigenvalue weighted by Gasteiger charge is -2.09. The molecule has 0 radical (unpaired) electrons. The first kappa shape index (κ1) is 49.9. The van der Waals surface area contributed by atoms with E-state index in [2.05, 4.69) is 27.8 Å². The number of amides is 4. The molecule has 0 aliphatic heterocycles. The van der Waals surface area contributed by atoms with Gasteiger partial charge in [-0.1, -0.05) is 83.1 Å². The number of rotatable bonds is 41. The number of carbonyl (C=O) groups is 5.